The summed E-state index contributed by atoms with van der Waals surface area (Å²) in [7, 11) is 1.63. The highest BCUT2D eigenvalue weighted by molar-refractivity contribution is 9.10. The topological polar surface area (TPSA) is 126 Å². The van der Waals surface area contributed by atoms with Crippen molar-refractivity contribution in [3.05, 3.63) is 82.6 Å². The Bertz CT molecular complexity index is 1690. The number of pyridine rings is 2. The fourth-order valence-corrected chi connectivity index (χ4v) is 4.54. The molecule has 4 heterocycles. The predicted molar refractivity (Wildman–Crippen MR) is 153 cm³/mol. The molecule has 0 saturated heterocycles. The fraction of sp³-hybridized carbons (Fsp3) is 0.138. The van der Waals surface area contributed by atoms with Gasteiger partial charge in [0, 0.05) is 39.6 Å². The van der Waals surface area contributed by atoms with E-state index in [9.17, 15) is 0 Å². The molecule has 2 aromatic carbocycles. The van der Waals surface area contributed by atoms with E-state index >= 15 is 0 Å². The molecule has 0 unspecified atom stereocenters. The van der Waals surface area contributed by atoms with Crippen LogP contribution in [0.25, 0.3) is 28.6 Å². The van der Waals surface area contributed by atoms with Crippen molar-refractivity contribution in [3.8, 4) is 57.3 Å². The molecule has 0 amide bonds. The van der Waals surface area contributed by atoms with E-state index in [0.29, 0.717) is 47.0 Å². The predicted octanol–water partition coefficient (Wildman–Crippen LogP) is 6.02. The molecule has 0 aliphatic carbocycles. The van der Waals surface area contributed by atoms with Crippen molar-refractivity contribution < 1.29 is 23.7 Å². The molecule has 0 spiro atoms. The Labute approximate surface area is 243 Å². The summed E-state index contributed by atoms with van der Waals surface area (Å²) in [6, 6.07) is 16.7. The van der Waals surface area contributed by atoms with Crippen LogP contribution in [0.1, 0.15) is 11.3 Å². The molecule has 0 saturated carbocycles. The number of methoxy groups -OCH3 is 1. The van der Waals surface area contributed by atoms with Crippen LogP contribution in [0.3, 0.4) is 0 Å². The Morgan fingerprint density at radius 3 is 2.59 bits per heavy atom. The Balaban J connectivity index is 1.44. The highest BCUT2D eigenvalue weighted by atomic mass is 79.9. The molecule has 3 aromatic heterocycles. The van der Waals surface area contributed by atoms with E-state index in [4.69, 9.17) is 28.7 Å². The van der Waals surface area contributed by atoms with Crippen molar-refractivity contribution in [2.45, 2.75) is 6.92 Å². The largest absolute Gasteiger partial charge is 0.497 e. The maximum absolute atomic E-state index is 6.34. The number of aryl methyl sites for hydroxylation is 1. The molecule has 1 aliphatic heterocycles. The third-order valence-electron chi connectivity index (χ3n) is 6.21. The minimum absolute atomic E-state index is 0.161. The van der Waals surface area contributed by atoms with E-state index in [-0.39, 0.29) is 6.79 Å². The van der Waals surface area contributed by atoms with Gasteiger partial charge in [-0.25, -0.2) is 9.97 Å². The van der Waals surface area contributed by atoms with Gasteiger partial charge in [0.05, 0.1) is 12.7 Å². The first-order valence-electron chi connectivity index (χ1n) is 12.5. The molecule has 5 aromatic rings. The second-order valence-electron chi connectivity index (χ2n) is 8.78. The minimum Gasteiger partial charge on any atom is -0.497 e. The van der Waals surface area contributed by atoms with Gasteiger partial charge < -0.3 is 23.7 Å². The third kappa shape index (κ3) is 5.68. The third-order valence-corrected chi connectivity index (χ3v) is 6.68. The lowest BCUT2D eigenvalue weighted by Gasteiger charge is -2.18. The van der Waals surface area contributed by atoms with Crippen LogP contribution >= 0.6 is 15.9 Å². The number of aromatic amines is 1. The second kappa shape index (κ2) is 11.6. The summed E-state index contributed by atoms with van der Waals surface area (Å²) >= 11 is 3.38. The van der Waals surface area contributed by atoms with E-state index < -0.39 is 0 Å². The lowest BCUT2D eigenvalue weighted by molar-refractivity contribution is 0.174. The molecule has 11 nitrogen and oxygen atoms in total. The summed E-state index contributed by atoms with van der Waals surface area (Å²) in [4.78, 5) is 9.09. The van der Waals surface area contributed by atoms with Crippen LogP contribution in [0.4, 0.5) is 0 Å². The van der Waals surface area contributed by atoms with Gasteiger partial charge in [0.25, 0.3) is 0 Å². The van der Waals surface area contributed by atoms with Gasteiger partial charge in [0.2, 0.25) is 24.4 Å². The van der Waals surface area contributed by atoms with Crippen molar-refractivity contribution in [1.82, 2.24) is 30.6 Å². The quantitative estimate of drug-likeness (QED) is 0.211. The van der Waals surface area contributed by atoms with E-state index in [1.54, 1.807) is 37.6 Å². The molecule has 0 bridgehead atoms. The first-order chi connectivity index (χ1) is 20.1. The minimum atomic E-state index is 0.161. The smallest absolute Gasteiger partial charge is 0.231 e. The van der Waals surface area contributed by atoms with Gasteiger partial charge in [0.15, 0.2) is 11.5 Å². The van der Waals surface area contributed by atoms with E-state index in [1.165, 1.54) is 0 Å². The van der Waals surface area contributed by atoms with Crippen LogP contribution in [-0.4, -0.2) is 51.1 Å². The molecule has 0 radical (unpaired) electrons. The Morgan fingerprint density at radius 1 is 1.00 bits per heavy atom. The zero-order valence-corrected chi connectivity index (χ0v) is 23.6. The van der Waals surface area contributed by atoms with Crippen LogP contribution in [0.15, 0.2) is 71.3 Å². The molecular formula is C29H23BrN6O5. The number of halogens is 1. The summed E-state index contributed by atoms with van der Waals surface area (Å²) < 4.78 is 29.4. The van der Waals surface area contributed by atoms with Crippen molar-refractivity contribution in [3.63, 3.8) is 0 Å². The number of aromatic nitrogens is 6. The molecule has 1 aliphatic rings. The maximum atomic E-state index is 6.34. The van der Waals surface area contributed by atoms with Crippen LogP contribution in [0.5, 0.6) is 34.8 Å². The molecular weight excluding hydrogens is 592 g/mol. The van der Waals surface area contributed by atoms with Crippen LogP contribution in [0.2, 0.25) is 0 Å². The Kier molecular flexibility index (Phi) is 7.46. The zero-order valence-electron chi connectivity index (χ0n) is 22.0. The molecule has 1 N–H and O–H groups in total. The van der Waals surface area contributed by atoms with Gasteiger partial charge in [-0.1, -0.05) is 18.2 Å². The van der Waals surface area contributed by atoms with Crippen LogP contribution in [-0.2, 0) is 0 Å². The van der Waals surface area contributed by atoms with E-state index in [1.807, 2.05) is 49.4 Å². The number of nitrogens with zero attached hydrogens (tertiary/aromatic N) is 5. The average molecular weight is 615 g/mol. The number of ether oxygens (including phenoxy) is 5. The molecule has 0 fully saturated rings. The van der Waals surface area contributed by atoms with Gasteiger partial charge in [-0.2, -0.15) is 5.21 Å². The summed E-state index contributed by atoms with van der Waals surface area (Å²) in [5.41, 5.74) is 3.79. The molecule has 12 heteroatoms. The first-order valence-corrected chi connectivity index (χ1v) is 13.3. The fourth-order valence-electron chi connectivity index (χ4n) is 4.30. The number of fused-ring (bicyclic) bond motifs is 1. The van der Waals surface area contributed by atoms with Gasteiger partial charge >= 0.3 is 0 Å². The van der Waals surface area contributed by atoms with E-state index in [0.717, 1.165) is 32.6 Å². The molecule has 41 heavy (non-hydrogen) atoms. The van der Waals surface area contributed by atoms with Crippen LogP contribution < -0.4 is 23.7 Å². The van der Waals surface area contributed by atoms with Gasteiger partial charge in [-0.3, -0.25) is 0 Å². The Morgan fingerprint density at radius 2 is 1.83 bits per heavy atom. The number of nitrogens with one attached hydrogen (secondary N) is 1. The number of benzene rings is 2. The lowest BCUT2D eigenvalue weighted by Crippen LogP contribution is -2.03. The Hall–Kier alpha value is -4.97. The lowest BCUT2D eigenvalue weighted by atomic mass is 9.93. The van der Waals surface area contributed by atoms with Crippen molar-refractivity contribution in [2.24, 2.45) is 0 Å². The van der Waals surface area contributed by atoms with Crippen molar-refractivity contribution in [2.75, 3.05) is 20.5 Å². The molecule has 6 rings (SSSR count). The average Bonchev–Trinajstić information content (AvgIpc) is 3.69. The highest BCUT2D eigenvalue weighted by Crippen LogP contribution is 2.44. The standard InChI is InChI=1S/C29H23BrN6O5/c1-17-22(4-3-13-38-25-12-7-19(30)15-31-25)26(18-5-8-20(37-2)9-6-18)27(28-33-35-36-34-28)29(32-17)41-21-10-11-23-24(14-21)40-16-39-23/h3-12,14-15H,13,16H2,1-2H3,(H,33,34,35,36)/b4-3+. The van der Waals surface area contributed by atoms with E-state index in [2.05, 4.69) is 41.5 Å². The number of H-pyrrole nitrogens is 1. The van der Waals surface area contributed by atoms with Gasteiger partial charge in [-0.15, -0.1) is 10.2 Å². The highest BCUT2D eigenvalue weighted by Gasteiger charge is 2.25. The molecule has 206 valence electrons. The maximum Gasteiger partial charge on any atom is 0.231 e. The van der Waals surface area contributed by atoms with Crippen molar-refractivity contribution >= 4 is 22.0 Å². The van der Waals surface area contributed by atoms with Crippen molar-refractivity contribution in [1.29, 1.82) is 0 Å². The second-order valence-corrected chi connectivity index (χ2v) is 9.69. The monoisotopic (exact) mass is 614 g/mol. The zero-order chi connectivity index (χ0) is 28.2. The summed E-state index contributed by atoms with van der Waals surface area (Å²) in [5, 5.41) is 14.9. The summed E-state index contributed by atoms with van der Waals surface area (Å²) in [6.45, 7) is 2.37. The van der Waals surface area contributed by atoms with Gasteiger partial charge in [-0.05, 0) is 70.0 Å². The first kappa shape index (κ1) is 26.3. The SMILES string of the molecule is COc1ccc(-c2c(/C=C/COc3ccc(Br)cn3)c(C)nc(Oc3ccc4c(c3)OCO4)c2-c2nn[nH]n2)cc1. The summed E-state index contributed by atoms with van der Waals surface area (Å²) in [5.74, 6) is 3.64. The summed E-state index contributed by atoms with van der Waals surface area (Å²) in [6.07, 6.45) is 5.54. The number of hydrogen-bond acceptors (Lipinski definition) is 10. The molecule has 0 atom stereocenters. The van der Waals surface area contributed by atoms with Gasteiger partial charge in [0.1, 0.15) is 18.1 Å². The number of hydrogen-bond donors (Lipinski definition) is 1. The van der Waals surface area contributed by atoms with Crippen LogP contribution in [0, 0.1) is 6.92 Å². The number of rotatable bonds is 9. The number of tetrazole rings is 1. The normalized spacial score (nSPS) is 12.1.